The molecule has 2 heterocycles. The SMILES string of the molecule is OCc1cnc(-c2ccc(Cl)cn2)[nH]1. The molecular formula is C9H8ClN3O. The van der Waals surface area contributed by atoms with Gasteiger partial charge < -0.3 is 10.1 Å². The van der Waals surface area contributed by atoms with Gasteiger partial charge in [-0.3, -0.25) is 4.98 Å². The average Bonchev–Trinajstić information content (AvgIpc) is 2.67. The van der Waals surface area contributed by atoms with Crippen molar-refractivity contribution in [2.24, 2.45) is 0 Å². The highest BCUT2D eigenvalue weighted by Crippen LogP contribution is 2.15. The van der Waals surface area contributed by atoms with Gasteiger partial charge in [0.05, 0.1) is 23.5 Å². The second-order valence-corrected chi connectivity index (χ2v) is 3.21. The number of pyridine rings is 1. The van der Waals surface area contributed by atoms with Crippen LogP contribution in [0.25, 0.3) is 11.5 Å². The lowest BCUT2D eigenvalue weighted by atomic mass is 10.3. The number of imidazole rings is 1. The van der Waals surface area contributed by atoms with Crippen molar-refractivity contribution in [3.63, 3.8) is 0 Å². The molecule has 0 fully saturated rings. The third-order valence-electron chi connectivity index (χ3n) is 1.77. The lowest BCUT2D eigenvalue weighted by molar-refractivity contribution is 0.277. The van der Waals surface area contributed by atoms with Crippen molar-refractivity contribution >= 4 is 11.6 Å². The summed E-state index contributed by atoms with van der Waals surface area (Å²) in [6.45, 7) is -0.0550. The zero-order valence-electron chi connectivity index (χ0n) is 7.24. The number of nitrogens with zero attached hydrogens (tertiary/aromatic N) is 2. The molecule has 72 valence electrons. The van der Waals surface area contributed by atoms with Gasteiger partial charge in [0.15, 0.2) is 5.82 Å². The summed E-state index contributed by atoms with van der Waals surface area (Å²) in [7, 11) is 0. The summed E-state index contributed by atoms with van der Waals surface area (Å²) >= 11 is 5.70. The molecule has 0 aromatic carbocycles. The highest BCUT2D eigenvalue weighted by molar-refractivity contribution is 6.30. The molecule has 2 aromatic heterocycles. The van der Waals surface area contributed by atoms with Gasteiger partial charge in [0.25, 0.3) is 0 Å². The van der Waals surface area contributed by atoms with E-state index in [1.165, 1.54) is 0 Å². The second kappa shape index (κ2) is 3.77. The predicted molar refractivity (Wildman–Crippen MR) is 52.8 cm³/mol. The number of nitrogens with one attached hydrogen (secondary N) is 1. The van der Waals surface area contributed by atoms with Crippen molar-refractivity contribution in [1.82, 2.24) is 15.0 Å². The average molecular weight is 210 g/mol. The van der Waals surface area contributed by atoms with Crippen LogP contribution in [0.4, 0.5) is 0 Å². The van der Waals surface area contributed by atoms with Crippen LogP contribution < -0.4 is 0 Å². The van der Waals surface area contributed by atoms with Crippen molar-refractivity contribution in [3.05, 3.63) is 35.2 Å². The fourth-order valence-corrected chi connectivity index (χ4v) is 1.20. The molecule has 0 aliphatic carbocycles. The maximum absolute atomic E-state index is 8.83. The first kappa shape index (κ1) is 9.18. The lowest BCUT2D eigenvalue weighted by Crippen LogP contribution is -1.86. The van der Waals surface area contributed by atoms with E-state index in [0.717, 1.165) is 0 Å². The van der Waals surface area contributed by atoms with Gasteiger partial charge in [0.2, 0.25) is 0 Å². The molecule has 0 radical (unpaired) electrons. The number of hydrogen-bond acceptors (Lipinski definition) is 3. The molecule has 2 N–H and O–H groups in total. The number of halogens is 1. The van der Waals surface area contributed by atoms with Gasteiger partial charge in [-0.2, -0.15) is 0 Å². The molecule has 14 heavy (non-hydrogen) atoms. The highest BCUT2D eigenvalue weighted by Gasteiger charge is 2.03. The Bertz CT molecular complexity index is 424. The van der Waals surface area contributed by atoms with Crippen molar-refractivity contribution < 1.29 is 5.11 Å². The van der Waals surface area contributed by atoms with Crippen LogP contribution in [0, 0.1) is 0 Å². The Labute approximate surface area is 85.6 Å². The minimum Gasteiger partial charge on any atom is -0.390 e. The Balaban J connectivity index is 2.34. The molecule has 0 unspecified atom stereocenters. The van der Waals surface area contributed by atoms with E-state index in [1.807, 2.05) is 0 Å². The number of aromatic amines is 1. The summed E-state index contributed by atoms with van der Waals surface area (Å²) in [6.07, 6.45) is 3.13. The highest BCUT2D eigenvalue weighted by atomic mass is 35.5. The Morgan fingerprint density at radius 2 is 2.14 bits per heavy atom. The number of aliphatic hydroxyl groups is 1. The van der Waals surface area contributed by atoms with Crippen LogP contribution in [0.3, 0.4) is 0 Å². The topological polar surface area (TPSA) is 61.8 Å². The Kier molecular flexibility index (Phi) is 2.47. The van der Waals surface area contributed by atoms with Crippen LogP contribution in [-0.4, -0.2) is 20.1 Å². The molecule has 0 atom stereocenters. The third kappa shape index (κ3) is 1.76. The summed E-state index contributed by atoms with van der Waals surface area (Å²) in [5.41, 5.74) is 1.37. The van der Waals surface area contributed by atoms with E-state index < -0.39 is 0 Å². The van der Waals surface area contributed by atoms with Crippen molar-refractivity contribution in [3.8, 4) is 11.5 Å². The molecule has 0 saturated heterocycles. The van der Waals surface area contributed by atoms with Gasteiger partial charge in [-0.05, 0) is 12.1 Å². The molecule has 2 rings (SSSR count). The number of hydrogen-bond donors (Lipinski definition) is 2. The van der Waals surface area contributed by atoms with Gasteiger partial charge in [-0.25, -0.2) is 4.98 Å². The third-order valence-corrected chi connectivity index (χ3v) is 1.99. The first-order valence-corrected chi connectivity index (χ1v) is 4.44. The molecular weight excluding hydrogens is 202 g/mol. The fourth-order valence-electron chi connectivity index (χ4n) is 1.09. The Morgan fingerprint density at radius 1 is 1.29 bits per heavy atom. The van der Waals surface area contributed by atoms with Crippen LogP contribution in [-0.2, 0) is 6.61 Å². The van der Waals surface area contributed by atoms with E-state index in [0.29, 0.717) is 22.2 Å². The first-order chi connectivity index (χ1) is 6.79. The number of aromatic nitrogens is 3. The molecule has 5 heteroatoms. The minimum atomic E-state index is -0.0550. The predicted octanol–water partition coefficient (Wildman–Crippen LogP) is 1.62. The van der Waals surface area contributed by atoms with Crippen molar-refractivity contribution in [2.75, 3.05) is 0 Å². The number of H-pyrrole nitrogens is 1. The number of aliphatic hydroxyl groups excluding tert-OH is 1. The van der Waals surface area contributed by atoms with E-state index in [2.05, 4.69) is 15.0 Å². The smallest absolute Gasteiger partial charge is 0.156 e. The van der Waals surface area contributed by atoms with Crippen LogP contribution >= 0.6 is 11.6 Å². The van der Waals surface area contributed by atoms with E-state index in [4.69, 9.17) is 16.7 Å². The van der Waals surface area contributed by atoms with Crippen LogP contribution in [0.2, 0.25) is 5.02 Å². The second-order valence-electron chi connectivity index (χ2n) is 2.78. The molecule has 2 aromatic rings. The molecule has 0 aliphatic rings. The van der Waals surface area contributed by atoms with Gasteiger partial charge in [0.1, 0.15) is 5.69 Å². The minimum absolute atomic E-state index is 0.0550. The molecule has 4 nitrogen and oxygen atoms in total. The van der Waals surface area contributed by atoms with Gasteiger partial charge in [-0.1, -0.05) is 11.6 Å². The largest absolute Gasteiger partial charge is 0.390 e. The van der Waals surface area contributed by atoms with Crippen molar-refractivity contribution in [1.29, 1.82) is 0 Å². The summed E-state index contributed by atoms with van der Waals surface area (Å²) in [5, 5.41) is 9.42. The van der Waals surface area contributed by atoms with Crippen molar-refractivity contribution in [2.45, 2.75) is 6.61 Å². The maximum Gasteiger partial charge on any atom is 0.156 e. The standard InChI is InChI=1S/C9H8ClN3O/c10-6-1-2-8(11-3-6)9-12-4-7(5-14)13-9/h1-4,14H,5H2,(H,12,13). The van der Waals surface area contributed by atoms with Crippen LogP contribution in [0.15, 0.2) is 24.5 Å². The van der Waals surface area contributed by atoms with E-state index in [1.54, 1.807) is 24.5 Å². The Morgan fingerprint density at radius 3 is 2.71 bits per heavy atom. The quantitative estimate of drug-likeness (QED) is 0.790. The monoisotopic (exact) mass is 209 g/mol. The summed E-state index contributed by atoms with van der Waals surface area (Å²) < 4.78 is 0. The van der Waals surface area contributed by atoms with Crippen LogP contribution in [0.1, 0.15) is 5.69 Å². The van der Waals surface area contributed by atoms with Gasteiger partial charge >= 0.3 is 0 Å². The van der Waals surface area contributed by atoms with Gasteiger partial charge in [-0.15, -0.1) is 0 Å². The normalized spacial score (nSPS) is 10.4. The summed E-state index contributed by atoms with van der Waals surface area (Å²) in [6, 6.07) is 3.51. The zero-order chi connectivity index (χ0) is 9.97. The van der Waals surface area contributed by atoms with E-state index >= 15 is 0 Å². The zero-order valence-corrected chi connectivity index (χ0v) is 7.99. The van der Waals surface area contributed by atoms with E-state index in [9.17, 15) is 0 Å². The summed E-state index contributed by atoms with van der Waals surface area (Å²) in [4.78, 5) is 11.1. The first-order valence-electron chi connectivity index (χ1n) is 4.06. The number of rotatable bonds is 2. The molecule has 0 amide bonds. The molecule has 0 bridgehead atoms. The van der Waals surface area contributed by atoms with E-state index in [-0.39, 0.29) is 6.61 Å². The maximum atomic E-state index is 8.83. The Hall–Kier alpha value is -1.39. The van der Waals surface area contributed by atoms with Gasteiger partial charge in [0, 0.05) is 6.20 Å². The molecule has 0 spiro atoms. The summed E-state index contributed by atoms with van der Waals surface area (Å²) in [5.74, 6) is 0.630. The molecule has 0 saturated carbocycles. The van der Waals surface area contributed by atoms with Crippen LogP contribution in [0.5, 0.6) is 0 Å². The fraction of sp³-hybridized carbons (Fsp3) is 0.111. The lowest BCUT2D eigenvalue weighted by Gasteiger charge is -1.95. The molecule has 0 aliphatic heterocycles.